The molecule has 0 spiro atoms. The van der Waals surface area contributed by atoms with Crippen molar-refractivity contribution >= 4 is 5.69 Å². The minimum atomic E-state index is 0.169. The van der Waals surface area contributed by atoms with Crippen LogP contribution in [0.4, 0.5) is 5.69 Å². The van der Waals surface area contributed by atoms with Gasteiger partial charge in [0.25, 0.3) is 0 Å². The highest BCUT2D eigenvalue weighted by molar-refractivity contribution is 5.60. The molecule has 2 N–H and O–H groups in total. The van der Waals surface area contributed by atoms with Gasteiger partial charge in [-0.25, -0.2) is 0 Å². The maximum absolute atomic E-state index is 6.15. The normalized spacial score (nSPS) is 17.6. The average molecular weight is 246 g/mol. The smallest absolute Gasteiger partial charge is 0.0521 e. The lowest BCUT2D eigenvalue weighted by molar-refractivity contribution is 0.350. The summed E-state index contributed by atoms with van der Waals surface area (Å²) < 4.78 is 0. The zero-order valence-electron chi connectivity index (χ0n) is 11.8. The molecule has 1 atom stereocenters. The van der Waals surface area contributed by atoms with E-state index in [-0.39, 0.29) is 5.54 Å². The van der Waals surface area contributed by atoms with Crippen molar-refractivity contribution in [2.24, 2.45) is 5.73 Å². The lowest BCUT2D eigenvalue weighted by Crippen LogP contribution is -2.53. The van der Waals surface area contributed by atoms with Crippen LogP contribution in [0.15, 0.2) is 24.3 Å². The Morgan fingerprint density at radius 1 is 1.28 bits per heavy atom. The Bertz CT molecular complexity index is 382. The van der Waals surface area contributed by atoms with Crippen molar-refractivity contribution in [3.05, 3.63) is 29.8 Å². The standard InChI is InChI=1S/C16H26N2/c1-3-5-11-16(4-2,13-17)18-12-10-14-8-6-7-9-15(14)18/h6-9H,3-5,10-13,17H2,1-2H3. The summed E-state index contributed by atoms with van der Waals surface area (Å²) in [6, 6.07) is 8.80. The first-order valence-electron chi connectivity index (χ1n) is 7.33. The van der Waals surface area contributed by atoms with Crippen LogP contribution in [0.2, 0.25) is 0 Å². The molecule has 0 saturated heterocycles. The number of nitrogens with zero attached hydrogens (tertiary/aromatic N) is 1. The molecule has 2 heteroatoms. The minimum absolute atomic E-state index is 0.169. The molecule has 100 valence electrons. The van der Waals surface area contributed by atoms with Gasteiger partial charge in [-0.1, -0.05) is 44.9 Å². The first-order valence-corrected chi connectivity index (χ1v) is 7.33. The lowest BCUT2D eigenvalue weighted by Gasteiger charge is -2.43. The second kappa shape index (κ2) is 5.75. The molecule has 0 aromatic heterocycles. The van der Waals surface area contributed by atoms with Crippen molar-refractivity contribution in [3.63, 3.8) is 0 Å². The fraction of sp³-hybridized carbons (Fsp3) is 0.625. The largest absolute Gasteiger partial charge is 0.364 e. The topological polar surface area (TPSA) is 29.3 Å². The van der Waals surface area contributed by atoms with E-state index in [1.54, 1.807) is 0 Å². The monoisotopic (exact) mass is 246 g/mol. The van der Waals surface area contributed by atoms with Gasteiger partial charge in [0, 0.05) is 18.8 Å². The summed E-state index contributed by atoms with van der Waals surface area (Å²) in [4.78, 5) is 2.58. The lowest BCUT2D eigenvalue weighted by atomic mass is 9.87. The molecular formula is C16H26N2. The van der Waals surface area contributed by atoms with Gasteiger partial charge in [-0.3, -0.25) is 0 Å². The van der Waals surface area contributed by atoms with Crippen molar-refractivity contribution in [1.29, 1.82) is 0 Å². The van der Waals surface area contributed by atoms with E-state index >= 15 is 0 Å². The van der Waals surface area contributed by atoms with E-state index in [9.17, 15) is 0 Å². The molecule has 1 aromatic carbocycles. The highest BCUT2D eigenvalue weighted by atomic mass is 15.2. The molecule has 1 aromatic rings. The van der Waals surface area contributed by atoms with Gasteiger partial charge in [0.2, 0.25) is 0 Å². The third kappa shape index (κ3) is 2.26. The van der Waals surface area contributed by atoms with Gasteiger partial charge >= 0.3 is 0 Å². The van der Waals surface area contributed by atoms with Gasteiger partial charge in [0.15, 0.2) is 0 Å². The van der Waals surface area contributed by atoms with Crippen LogP contribution in [-0.4, -0.2) is 18.6 Å². The Labute approximate surface area is 111 Å². The number of fused-ring (bicyclic) bond motifs is 1. The van der Waals surface area contributed by atoms with Gasteiger partial charge < -0.3 is 10.6 Å². The number of hydrogen-bond donors (Lipinski definition) is 1. The maximum Gasteiger partial charge on any atom is 0.0521 e. The zero-order valence-corrected chi connectivity index (χ0v) is 11.8. The van der Waals surface area contributed by atoms with Crippen molar-refractivity contribution in [2.45, 2.75) is 51.5 Å². The van der Waals surface area contributed by atoms with E-state index in [1.165, 1.54) is 36.9 Å². The summed E-state index contributed by atoms with van der Waals surface area (Å²) in [5.41, 5.74) is 9.23. The van der Waals surface area contributed by atoms with Gasteiger partial charge in [-0.2, -0.15) is 0 Å². The van der Waals surface area contributed by atoms with Crippen molar-refractivity contribution in [2.75, 3.05) is 18.0 Å². The molecule has 1 aliphatic heterocycles. The summed E-state index contributed by atoms with van der Waals surface area (Å²) >= 11 is 0. The Hall–Kier alpha value is -1.02. The van der Waals surface area contributed by atoms with Crippen LogP contribution in [0.1, 0.15) is 45.1 Å². The maximum atomic E-state index is 6.15. The molecule has 1 heterocycles. The van der Waals surface area contributed by atoms with Crippen LogP contribution in [0.5, 0.6) is 0 Å². The predicted octanol–water partition coefficient (Wildman–Crippen LogP) is 3.35. The second-order valence-electron chi connectivity index (χ2n) is 5.42. The summed E-state index contributed by atoms with van der Waals surface area (Å²) in [5, 5.41) is 0. The summed E-state index contributed by atoms with van der Waals surface area (Å²) in [6.45, 7) is 6.43. The molecule has 0 bridgehead atoms. The molecule has 2 nitrogen and oxygen atoms in total. The Balaban J connectivity index is 2.27. The molecule has 18 heavy (non-hydrogen) atoms. The van der Waals surface area contributed by atoms with E-state index in [0.29, 0.717) is 0 Å². The van der Waals surface area contributed by atoms with E-state index < -0.39 is 0 Å². The molecular weight excluding hydrogens is 220 g/mol. The van der Waals surface area contributed by atoms with E-state index in [2.05, 4.69) is 43.0 Å². The van der Waals surface area contributed by atoms with Crippen LogP contribution in [0, 0.1) is 0 Å². The number of rotatable bonds is 6. The number of anilines is 1. The molecule has 1 aliphatic rings. The molecule has 0 saturated carbocycles. The number of unbranched alkanes of at least 4 members (excludes halogenated alkanes) is 1. The minimum Gasteiger partial charge on any atom is -0.364 e. The van der Waals surface area contributed by atoms with Gasteiger partial charge in [-0.15, -0.1) is 0 Å². The van der Waals surface area contributed by atoms with Crippen LogP contribution in [0.25, 0.3) is 0 Å². The van der Waals surface area contributed by atoms with Crippen LogP contribution in [-0.2, 0) is 6.42 Å². The fourth-order valence-corrected chi connectivity index (χ4v) is 3.20. The SMILES string of the molecule is CCCCC(CC)(CN)N1CCc2ccccc21. The van der Waals surface area contributed by atoms with E-state index in [0.717, 1.165) is 19.5 Å². The van der Waals surface area contributed by atoms with Crippen molar-refractivity contribution in [3.8, 4) is 0 Å². The highest BCUT2D eigenvalue weighted by Gasteiger charge is 2.36. The summed E-state index contributed by atoms with van der Waals surface area (Å²) in [6.07, 6.45) is 6.04. The number of para-hydroxylation sites is 1. The molecule has 1 unspecified atom stereocenters. The van der Waals surface area contributed by atoms with Gasteiger partial charge in [-0.05, 0) is 30.9 Å². The summed E-state index contributed by atoms with van der Waals surface area (Å²) in [7, 11) is 0. The summed E-state index contributed by atoms with van der Waals surface area (Å²) in [5.74, 6) is 0. The Morgan fingerprint density at radius 2 is 2.06 bits per heavy atom. The van der Waals surface area contributed by atoms with E-state index in [4.69, 9.17) is 5.73 Å². The molecule has 2 rings (SSSR count). The van der Waals surface area contributed by atoms with Gasteiger partial charge in [0.05, 0.1) is 5.54 Å². The number of nitrogens with two attached hydrogens (primary N) is 1. The third-order valence-electron chi connectivity index (χ3n) is 4.49. The Morgan fingerprint density at radius 3 is 2.72 bits per heavy atom. The highest BCUT2D eigenvalue weighted by Crippen LogP contribution is 2.37. The Kier molecular flexibility index (Phi) is 4.28. The quantitative estimate of drug-likeness (QED) is 0.834. The average Bonchev–Trinajstić information content (AvgIpc) is 2.86. The van der Waals surface area contributed by atoms with Crippen LogP contribution in [0.3, 0.4) is 0 Å². The first-order chi connectivity index (χ1) is 8.77. The second-order valence-corrected chi connectivity index (χ2v) is 5.42. The van der Waals surface area contributed by atoms with E-state index in [1.807, 2.05) is 0 Å². The van der Waals surface area contributed by atoms with Crippen molar-refractivity contribution in [1.82, 2.24) is 0 Å². The van der Waals surface area contributed by atoms with Crippen molar-refractivity contribution < 1.29 is 0 Å². The zero-order chi connectivity index (χ0) is 13.0. The fourth-order valence-electron chi connectivity index (χ4n) is 3.20. The van der Waals surface area contributed by atoms with Crippen LogP contribution < -0.4 is 10.6 Å². The molecule has 0 radical (unpaired) electrons. The number of benzene rings is 1. The number of hydrogen-bond acceptors (Lipinski definition) is 2. The first kappa shape index (κ1) is 13.4. The molecule has 0 aliphatic carbocycles. The van der Waals surface area contributed by atoms with Crippen LogP contribution >= 0.6 is 0 Å². The molecule has 0 amide bonds. The predicted molar refractivity (Wildman–Crippen MR) is 79.1 cm³/mol. The van der Waals surface area contributed by atoms with Gasteiger partial charge in [0.1, 0.15) is 0 Å². The third-order valence-corrected chi connectivity index (χ3v) is 4.49. The molecule has 0 fully saturated rings.